The molecular formula is C27H31N3O5S. The van der Waals surface area contributed by atoms with Gasteiger partial charge in [-0.25, -0.2) is 13.8 Å². The van der Waals surface area contributed by atoms with Crippen LogP contribution in [0.5, 0.6) is 11.5 Å². The fourth-order valence-electron chi connectivity index (χ4n) is 3.63. The van der Waals surface area contributed by atoms with Crippen molar-refractivity contribution in [1.82, 2.24) is 5.43 Å². The molecule has 9 heteroatoms. The number of hydrazone groups is 1. The van der Waals surface area contributed by atoms with Crippen LogP contribution in [0.2, 0.25) is 0 Å². The second kappa shape index (κ2) is 12.2. The lowest BCUT2D eigenvalue weighted by molar-refractivity contribution is -0.119. The Bertz CT molecular complexity index is 1300. The van der Waals surface area contributed by atoms with Crippen molar-refractivity contribution in [2.75, 3.05) is 23.7 Å². The molecule has 0 unspecified atom stereocenters. The van der Waals surface area contributed by atoms with Crippen LogP contribution in [0.15, 0.2) is 71.8 Å². The second-order valence-electron chi connectivity index (χ2n) is 8.22. The van der Waals surface area contributed by atoms with E-state index in [1.54, 1.807) is 44.2 Å². The Balaban J connectivity index is 1.68. The molecule has 0 aliphatic carbocycles. The smallest absolute Gasteiger partial charge is 0.260 e. The highest BCUT2D eigenvalue weighted by Crippen LogP contribution is 2.29. The molecule has 3 aromatic rings. The summed E-state index contributed by atoms with van der Waals surface area (Å²) in [6.07, 6.45) is 2.54. The normalized spacial score (nSPS) is 11.3. The van der Waals surface area contributed by atoms with Crippen LogP contribution in [0.4, 0.5) is 5.69 Å². The van der Waals surface area contributed by atoms with Gasteiger partial charge in [0.1, 0.15) is 13.2 Å². The minimum Gasteiger partial charge on any atom is -0.490 e. The number of rotatable bonds is 11. The van der Waals surface area contributed by atoms with E-state index in [0.29, 0.717) is 36.0 Å². The van der Waals surface area contributed by atoms with Crippen LogP contribution in [-0.4, -0.2) is 39.9 Å². The van der Waals surface area contributed by atoms with Gasteiger partial charge in [-0.1, -0.05) is 48.5 Å². The summed E-state index contributed by atoms with van der Waals surface area (Å²) in [6, 6.07) is 20.6. The van der Waals surface area contributed by atoms with Gasteiger partial charge in [0.2, 0.25) is 10.0 Å². The van der Waals surface area contributed by atoms with Crippen molar-refractivity contribution in [2.45, 2.75) is 27.4 Å². The summed E-state index contributed by atoms with van der Waals surface area (Å²) in [5, 5.41) is 4.00. The lowest BCUT2D eigenvalue weighted by atomic mass is 10.1. The number of amides is 1. The molecule has 1 N–H and O–H groups in total. The Labute approximate surface area is 212 Å². The summed E-state index contributed by atoms with van der Waals surface area (Å²) in [7, 11) is -3.69. The van der Waals surface area contributed by atoms with Gasteiger partial charge in [-0.15, -0.1) is 0 Å². The van der Waals surface area contributed by atoms with Crippen molar-refractivity contribution >= 4 is 27.8 Å². The Hall–Kier alpha value is -3.85. The van der Waals surface area contributed by atoms with Crippen LogP contribution < -0.4 is 19.2 Å². The predicted molar refractivity (Wildman–Crippen MR) is 142 cm³/mol. The Morgan fingerprint density at radius 1 is 0.972 bits per heavy atom. The third-order valence-corrected chi connectivity index (χ3v) is 6.40. The Kier molecular flexibility index (Phi) is 9.08. The van der Waals surface area contributed by atoms with Gasteiger partial charge >= 0.3 is 0 Å². The minimum absolute atomic E-state index is 0.391. The van der Waals surface area contributed by atoms with Crippen LogP contribution in [0.3, 0.4) is 0 Å². The molecule has 0 saturated heterocycles. The van der Waals surface area contributed by atoms with Gasteiger partial charge in [0.15, 0.2) is 11.5 Å². The summed E-state index contributed by atoms with van der Waals surface area (Å²) >= 11 is 0. The molecule has 0 aromatic heterocycles. The Morgan fingerprint density at radius 3 is 2.31 bits per heavy atom. The lowest BCUT2D eigenvalue weighted by Gasteiger charge is -2.25. The molecule has 190 valence electrons. The molecule has 36 heavy (non-hydrogen) atoms. The van der Waals surface area contributed by atoms with Crippen molar-refractivity contribution < 1.29 is 22.7 Å². The molecule has 0 aliphatic heterocycles. The molecular weight excluding hydrogens is 478 g/mol. The minimum atomic E-state index is -3.69. The average Bonchev–Trinajstić information content (AvgIpc) is 2.83. The summed E-state index contributed by atoms with van der Waals surface area (Å²) in [5.41, 5.74) is 6.14. The number of hydrogen-bond acceptors (Lipinski definition) is 6. The number of ether oxygens (including phenoxy) is 2. The molecule has 0 heterocycles. The van der Waals surface area contributed by atoms with Gasteiger partial charge < -0.3 is 9.47 Å². The number of carbonyl (C=O) groups excluding carboxylic acids is 1. The number of aryl methyl sites for hydroxylation is 2. The van der Waals surface area contributed by atoms with E-state index in [4.69, 9.17) is 9.47 Å². The average molecular weight is 510 g/mol. The number of para-hydroxylation sites is 1. The highest BCUT2D eigenvalue weighted by molar-refractivity contribution is 7.92. The first-order valence-corrected chi connectivity index (χ1v) is 13.3. The van der Waals surface area contributed by atoms with Crippen molar-refractivity contribution in [1.29, 1.82) is 0 Å². The topological polar surface area (TPSA) is 97.3 Å². The molecule has 0 fully saturated rings. The summed E-state index contributed by atoms with van der Waals surface area (Å²) in [5.74, 6) is 0.591. The van der Waals surface area contributed by atoms with E-state index in [9.17, 15) is 13.2 Å². The first kappa shape index (κ1) is 26.7. The first-order valence-electron chi connectivity index (χ1n) is 11.5. The summed E-state index contributed by atoms with van der Waals surface area (Å²) in [6.45, 7) is 5.96. The zero-order valence-electron chi connectivity index (χ0n) is 20.9. The van der Waals surface area contributed by atoms with Crippen molar-refractivity contribution in [3.05, 3.63) is 89.0 Å². The zero-order chi connectivity index (χ0) is 26.1. The SMILES string of the molecule is CCOc1cc(/C=N\NC(=O)CN(c2c(C)cccc2C)S(C)(=O)=O)ccc1OCc1ccccc1. The summed E-state index contributed by atoms with van der Waals surface area (Å²) in [4.78, 5) is 12.6. The van der Waals surface area contributed by atoms with E-state index in [1.807, 2.05) is 43.3 Å². The monoisotopic (exact) mass is 509 g/mol. The molecule has 3 rings (SSSR count). The van der Waals surface area contributed by atoms with E-state index < -0.39 is 22.5 Å². The number of benzene rings is 3. The van der Waals surface area contributed by atoms with E-state index in [2.05, 4.69) is 10.5 Å². The van der Waals surface area contributed by atoms with Gasteiger partial charge in [0, 0.05) is 0 Å². The summed E-state index contributed by atoms with van der Waals surface area (Å²) < 4.78 is 37.6. The molecule has 0 bridgehead atoms. The maximum absolute atomic E-state index is 12.6. The maximum atomic E-state index is 12.6. The largest absolute Gasteiger partial charge is 0.490 e. The number of hydrogen-bond donors (Lipinski definition) is 1. The van der Waals surface area contributed by atoms with Crippen LogP contribution in [0, 0.1) is 13.8 Å². The lowest BCUT2D eigenvalue weighted by Crippen LogP contribution is -2.39. The molecule has 3 aromatic carbocycles. The molecule has 8 nitrogen and oxygen atoms in total. The van der Waals surface area contributed by atoms with Crippen molar-refractivity contribution in [3.8, 4) is 11.5 Å². The fraction of sp³-hybridized carbons (Fsp3) is 0.259. The van der Waals surface area contributed by atoms with E-state index >= 15 is 0 Å². The second-order valence-corrected chi connectivity index (χ2v) is 10.1. The van der Waals surface area contributed by atoms with Crippen molar-refractivity contribution in [3.63, 3.8) is 0 Å². The maximum Gasteiger partial charge on any atom is 0.260 e. The van der Waals surface area contributed by atoms with Crippen LogP contribution in [0.25, 0.3) is 0 Å². The molecule has 0 radical (unpaired) electrons. The third kappa shape index (κ3) is 7.32. The number of nitrogens with zero attached hydrogens (tertiary/aromatic N) is 2. The van der Waals surface area contributed by atoms with Gasteiger partial charge in [0.25, 0.3) is 5.91 Å². The zero-order valence-corrected chi connectivity index (χ0v) is 21.7. The Morgan fingerprint density at radius 2 is 1.67 bits per heavy atom. The van der Waals surface area contributed by atoms with E-state index in [-0.39, 0.29) is 0 Å². The molecule has 0 saturated carbocycles. The number of nitrogens with one attached hydrogen (secondary N) is 1. The molecule has 0 atom stereocenters. The van der Waals surface area contributed by atoms with Crippen LogP contribution >= 0.6 is 0 Å². The highest BCUT2D eigenvalue weighted by atomic mass is 32.2. The number of carbonyl (C=O) groups is 1. The van der Waals surface area contributed by atoms with Crippen molar-refractivity contribution in [2.24, 2.45) is 5.10 Å². The van der Waals surface area contributed by atoms with Gasteiger partial charge in [0.05, 0.1) is 24.8 Å². The van der Waals surface area contributed by atoms with E-state index in [1.165, 1.54) is 6.21 Å². The predicted octanol–water partition coefficient (Wildman–Crippen LogP) is 4.20. The molecule has 0 aliphatic rings. The molecule has 0 spiro atoms. The van der Waals surface area contributed by atoms with E-state index in [0.717, 1.165) is 27.3 Å². The van der Waals surface area contributed by atoms with Gasteiger partial charge in [-0.2, -0.15) is 5.10 Å². The first-order chi connectivity index (χ1) is 17.2. The molecule has 1 amide bonds. The third-order valence-electron chi connectivity index (χ3n) is 5.28. The van der Waals surface area contributed by atoms with Gasteiger partial charge in [-0.3, -0.25) is 9.10 Å². The van der Waals surface area contributed by atoms with Gasteiger partial charge in [-0.05, 0) is 61.2 Å². The van der Waals surface area contributed by atoms with Crippen LogP contribution in [-0.2, 0) is 21.4 Å². The number of sulfonamides is 1. The number of anilines is 1. The fourth-order valence-corrected chi connectivity index (χ4v) is 4.60. The standard InChI is InChI=1S/C27H31N3O5S/c1-5-34-25-16-23(14-15-24(25)35-19-22-12-7-6-8-13-22)17-28-29-26(31)18-30(36(4,32)33)27-20(2)10-9-11-21(27)3/h6-17H,5,18-19H2,1-4H3,(H,29,31)/b28-17-. The quantitative estimate of drug-likeness (QED) is 0.309. The van der Waals surface area contributed by atoms with Crippen LogP contribution in [0.1, 0.15) is 29.2 Å². The highest BCUT2D eigenvalue weighted by Gasteiger charge is 2.23.